The topological polar surface area (TPSA) is 12.5 Å². The molecule has 13 heavy (non-hydrogen) atoms. The molecule has 1 saturated carbocycles. The third-order valence-corrected chi connectivity index (χ3v) is 4.01. The second-order valence-electron chi connectivity index (χ2n) is 5.76. The molecule has 0 aromatic carbocycles. The smallest absolute Gasteiger partial charge is 0.0547 e. The number of rotatable bonds is 2. The van der Waals surface area contributed by atoms with Gasteiger partial charge in [-0.3, -0.25) is 0 Å². The quantitative estimate of drug-likeness (QED) is 0.640. The van der Waals surface area contributed by atoms with Crippen LogP contribution < -0.4 is 0 Å². The van der Waals surface area contributed by atoms with Crippen molar-refractivity contribution in [3.8, 4) is 0 Å². The van der Waals surface area contributed by atoms with Gasteiger partial charge in [-0.15, -0.1) is 0 Å². The van der Waals surface area contributed by atoms with Gasteiger partial charge in [0, 0.05) is 31.7 Å². The van der Waals surface area contributed by atoms with Crippen molar-refractivity contribution in [2.45, 2.75) is 26.2 Å². The Morgan fingerprint density at radius 2 is 2.00 bits per heavy atom. The van der Waals surface area contributed by atoms with Crippen LogP contribution in [-0.2, 0) is 4.74 Å². The van der Waals surface area contributed by atoms with Gasteiger partial charge in [0.2, 0.25) is 0 Å². The summed E-state index contributed by atoms with van der Waals surface area (Å²) >= 11 is 0. The molecule has 2 heteroatoms. The molecule has 2 heterocycles. The molecule has 0 aromatic rings. The van der Waals surface area contributed by atoms with Crippen molar-refractivity contribution in [3.05, 3.63) is 0 Å². The molecule has 0 bridgehead atoms. The number of hydrogen-bond acceptors (Lipinski definition) is 2. The molecular formula is C11H19NO. The highest BCUT2D eigenvalue weighted by molar-refractivity contribution is 5.01. The number of likely N-dealkylation sites (tertiary alicyclic amines) is 1. The molecule has 1 aliphatic carbocycles. The van der Waals surface area contributed by atoms with Crippen molar-refractivity contribution in [3.63, 3.8) is 0 Å². The van der Waals surface area contributed by atoms with E-state index in [0.29, 0.717) is 10.8 Å². The van der Waals surface area contributed by atoms with E-state index >= 15 is 0 Å². The fourth-order valence-electron chi connectivity index (χ4n) is 2.82. The Balaban J connectivity index is 1.51. The molecule has 0 amide bonds. The first-order valence-electron chi connectivity index (χ1n) is 5.50. The zero-order chi connectivity index (χ0) is 8.94. The molecule has 1 spiro atoms. The van der Waals surface area contributed by atoms with Gasteiger partial charge in [-0.25, -0.2) is 0 Å². The van der Waals surface area contributed by atoms with Crippen LogP contribution in [-0.4, -0.2) is 37.7 Å². The predicted octanol–water partition coefficient (Wildman–Crippen LogP) is 1.51. The molecule has 0 atom stereocenters. The van der Waals surface area contributed by atoms with Gasteiger partial charge in [-0.2, -0.15) is 0 Å². The molecule has 0 aromatic heterocycles. The summed E-state index contributed by atoms with van der Waals surface area (Å²) < 4.78 is 5.47. The molecule has 0 radical (unpaired) electrons. The minimum atomic E-state index is 0.589. The zero-order valence-corrected chi connectivity index (χ0v) is 8.51. The summed E-state index contributed by atoms with van der Waals surface area (Å²) in [6.07, 6.45) is 4.21. The third kappa shape index (κ3) is 1.40. The van der Waals surface area contributed by atoms with Crippen molar-refractivity contribution in [1.29, 1.82) is 0 Å². The van der Waals surface area contributed by atoms with Crippen LogP contribution in [0.1, 0.15) is 26.2 Å². The second kappa shape index (κ2) is 2.48. The molecule has 2 nitrogen and oxygen atoms in total. The van der Waals surface area contributed by atoms with Crippen LogP contribution >= 0.6 is 0 Å². The predicted molar refractivity (Wildman–Crippen MR) is 51.7 cm³/mol. The monoisotopic (exact) mass is 181 g/mol. The van der Waals surface area contributed by atoms with Gasteiger partial charge in [0.15, 0.2) is 0 Å². The molecule has 2 aliphatic heterocycles. The minimum absolute atomic E-state index is 0.589. The number of ether oxygens (including phenoxy) is 1. The maximum Gasteiger partial charge on any atom is 0.0547 e. The highest BCUT2D eigenvalue weighted by atomic mass is 16.5. The van der Waals surface area contributed by atoms with E-state index in [1.165, 1.54) is 38.9 Å². The summed E-state index contributed by atoms with van der Waals surface area (Å²) in [6.45, 7) is 8.41. The van der Waals surface area contributed by atoms with Crippen LogP contribution in [0.2, 0.25) is 0 Å². The first-order valence-corrected chi connectivity index (χ1v) is 5.50. The number of nitrogens with zero attached hydrogens (tertiary/aromatic N) is 1. The Labute approximate surface area is 80.2 Å². The molecular weight excluding hydrogens is 162 g/mol. The van der Waals surface area contributed by atoms with Crippen LogP contribution in [0.25, 0.3) is 0 Å². The molecule has 74 valence electrons. The van der Waals surface area contributed by atoms with E-state index in [-0.39, 0.29) is 0 Å². The molecule has 0 unspecified atom stereocenters. The lowest BCUT2D eigenvalue weighted by Crippen LogP contribution is -2.57. The Hall–Kier alpha value is -0.0800. The first-order chi connectivity index (χ1) is 6.20. The van der Waals surface area contributed by atoms with Crippen molar-refractivity contribution in [1.82, 2.24) is 4.90 Å². The molecule has 3 rings (SSSR count). The van der Waals surface area contributed by atoms with E-state index in [4.69, 9.17) is 4.74 Å². The van der Waals surface area contributed by atoms with Crippen molar-refractivity contribution >= 4 is 0 Å². The maximum absolute atomic E-state index is 5.47. The highest BCUT2D eigenvalue weighted by Gasteiger charge is 2.49. The highest BCUT2D eigenvalue weighted by Crippen LogP contribution is 2.48. The van der Waals surface area contributed by atoms with E-state index in [2.05, 4.69) is 11.8 Å². The first kappa shape index (κ1) is 8.25. The van der Waals surface area contributed by atoms with Gasteiger partial charge in [-0.05, 0) is 24.7 Å². The standard InChI is InChI=1S/C11H19NO/c1-10(2-3-10)6-12-7-11(8-12)4-5-13-9-11/h2-9H2,1H3. The summed E-state index contributed by atoms with van der Waals surface area (Å²) in [6, 6.07) is 0. The molecule has 3 aliphatic rings. The van der Waals surface area contributed by atoms with Crippen LogP contribution in [0, 0.1) is 10.8 Å². The summed E-state index contributed by atoms with van der Waals surface area (Å²) in [7, 11) is 0. The van der Waals surface area contributed by atoms with Crippen molar-refractivity contribution in [2.75, 3.05) is 32.8 Å². The van der Waals surface area contributed by atoms with Gasteiger partial charge in [0.1, 0.15) is 0 Å². The lowest BCUT2D eigenvalue weighted by molar-refractivity contribution is -0.0172. The van der Waals surface area contributed by atoms with Crippen LogP contribution in [0.15, 0.2) is 0 Å². The van der Waals surface area contributed by atoms with E-state index in [0.717, 1.165) is 13.2 Å². The summed E-state index contributed by atoms with van der Waals surface area (Å²) in [4.78, 5) is 2.63. The van der Waals surface area contributed by atoms with Gasteiger partial charge < -0.3 is 9.64 Å². The SMILES string of the molecule is CC1(CN2CC3(CCOC3)C2)CC1. The van der Waals surface area contributed by atoms with Crippen LogP contribution in [0.5, 0.6) is 0 Å². The number of hydrogen-bond donors (Lipinski definition) is 0. The molecule has 0 N–H and O–H groups in total. The molecule has 2 saturated heterocycles. The van der Waals surface area contributed by atoms with E-state index < -0.39 is 0 Å². The van der Waals surface area contributed by atoms with Gasteiger partial charge >= 0.3 is 0 Å². The average Bonchev–Trinajstić information content (AvgIpc) is 2.60. The lowest BCUT2D eigenvalue weighted by atomic mass is 9.79. The van der Waals surface area contributed by atoms with Crippen LogP contribution in [0.3, 0.4) is 0 Å². The average molecular weight is 181 g/mol. The van der Waals surface area contributed by atoms with E-state index in [1.807, 2.05) is 0 Å². The maximum atomic E-state index is 5.47. The minimum Gasteiger partial charge on any atom is -0.381 e. The van der Waals surface area contributed by atoms with Crippen molar-refractivity contribution in [2.24, 2.45) is 10.8 Å². The largest absolute Gasteiger partial charge is 0.381 e. The second-order valence-corrected chi connectivity index (χ2v) is 5.76. The van der Waals surface area contributed by atoms with Gasteiger partial charge in [0.05, 0.1) is 6.61 Å². The summed E-state index contributed by atoms with van der Waals surface area (Å²) in [5.41, 5.74) is 1.28. The third-order valence-electron chi connectivity index (χ3n) is 4.01. The van der Waals surface area contributed by atoms with E-state index in [1.54, 1.807) is 0 Å². The Kier molecular flexibility index (Phi) is 1.58. The Morgan fingerprint density at radius 1 is 1.23 bits per heavy atom. The summed E-state index contributed by atoms with van der Waals surface area (Å²) in [5, 5.41) is 0. The van der Waals surface area contributed by atoms with Crippen LogP contribution in [0.4, 0.5) is 0 Å². The van der Waals surface area contributed by atoms with Gasteiger partial charge in [0.25, 0.3) is 0 Å². The molecule has 3 fully saturated rings. The zero-order valence-electron chi connectivity index (χ0n) is 8.51. The van der Waals surface area contributed by atoms with Crippen molar-refractivity contribution < 1.29 is 4.74 Å². The van der Waals surface area contributed by atoms with E-state index in [9.17, 15) is 0 Å². The Bertz CT molecular complexity index is 208. The lowest BCUT2D eigenvalue weighted by Gasteiger charge is -2.48. The summed E-state index contributed by atoms with van der Waals surface area (Å²) in [5.74, 6) is 0. The fourth-order valence-corrected chi connectivity index (χ4v) is 2.82. The normalized spacial score (nSPS) is 34.8. The fraction of sp³-hybridized carbons (Fsp3) is 1.00. The van der Waals surface area contributed by atoms with Gasteiger partial charge in [-0.1, -0.05) is 6.92 Å². The Morgan fingerprint density at radius 3 is 2.54 bits per heavy atom.